The van der Waals surface area contributed by atoms with Crippen LogP contribution in [0.3, 0.4) is 0 Å². The highest BCUT2D eigenvalue weighted by Crippen LogP contribution is 2.25. The van der Waals surface area contributed by atoms with Crippen molar-refractivity contribution in [3.63, 3.8) is 0 Å². The average molecular weight is 401 g/mol. The zero-order chi connectivity index (χ0) is 16.8. The molecule has 5 heteroatoms. The number of halogens is 1. The normalized spacial score (nSPS) is 11.7. The van der Waals surface area contributed by atoms with E-state index in [0.717, 1.165) is 20.6 Å². The molecule has 2 aromatic carbocycles. The Bertz CT molecular complexity index is 790. The summed E-state index contributed by atoms with van der Waals surface area (Å²) in [6, 6.07) is 21.7. The van der Waals surface area contributed by atoms with Crippen molar-refractivity contribution in [2.24, 2.45) is 0 Å². The van der Waals surface area contributed by atoms with E-state index in [4.69, 9.17) is 0 Å². The molecule has 0 aliphatic carbocycles. The smallest absolute Gasteiger partial charge is 0.240 e. The van der Waals surface area contributed by atoms with Crippen molar-refractivity contribution in [2.75, 3.05) is 11.9 Å². The summed E-state index contributed by atoms with van der Waals surface area (Å²) in [6.07, 6.45) is 0. The van der Waals surface area contributed by atoms with Gasteiger partial charge in [0.25, 0.3) is 0 Å². The van der Waals surface area contributed by atoms with E-state index >= 15 is 0 Å². The van der Waals surface area contributed by atoms with E-state index in [9.17, 15) is 4.79 Å². The van der Waals surface area contributed by atoms with Crippen LogP contribution in [-0.4, -0.2) is 12.5 Å². The molecule has 1 aromatic heterocycles. The lowest BCUT2D eigenvalue weighted by atomic mass is 10.1. The SMILES string of the molecule is O=C(CNc1cccc(Br)c1)N[C@H](c1ccccc1)c1cccs1. The minimum Gasteiger partial charge on any atom is -0.376 e. The van der Waals surface area contributed by atoms with Crippen LogP contribution in [0.2, 0.25) is 0 Å². The van der Waals surface area contributed by atoms with Crippen molar-refractivity contribution in [3.05, 3.63) is 87.0 Å². The Morgan fingerprint density at radius 1 is 1.04 bits per heavy atom. The van der Waals surface area contributed by atoms with Gasteiger partial charge in [0, 0.05) is 15.0 Å². The largest absolute Gasteiger partial charge is 0.376 e. The molecule has 0 unspecified atom stereocenters. The second-order valence-corrected chi connectivity index (χ2v) is 7.19. The second kappa shape index (κ2) is 8.13. The molecule has 0 aliphatic heterocycles. The summed E-state index contributed by atoms with van der Waals surface area (Å²) in [5, 5.41) is 8.29. The Hall–Kier alpha value is -2.11. The molecule has 0 radical (unpaired) electrons. The highest BCUT2D eigenvalue weighted by atomic mass is 79.9. The zero-order valence-electron chi connectivity index (χ0n) is 12.9. The van der Waals surface area contributed by atoms with Crippen LogP contribution >= 0.6 is 27.3 Å². The third-order valence-corrected chi connectivity index (χ3v) is 4.97. The fraction of sp³-hybridized carbons (Fsp3) is 0.105. The van der Waals surface area contributed by atoms with E-state index in [1.807, 2.05) is 72.1 Å². The molecule has 0 fully saturated rings. The van der Waals surface area contributed by atoms with Crippen LogP contribution in [0, 0.1) is 0 Å². The number of nitrogens with one attached hydrogen (secondary N) is 2. The molecule has 0 saturated carbocycles. The van der Waals surface area contributed by atoms with Crippen molar-refractivity contribution in [3.8, 4) is 0 Å². The van der Waals surface area contributed by atoms with Gasteiger partial charge in [0.2, 0.25) is 5.91 Å². The van der Waals surface area contributed by atoms with Crippen molar-refractivity contribution in [2.45, 2.75) is 6.04 Å². The van der Waals surface area contributed by atoms with Gasteiger partial charge in [-0.25, -0.2) is 0 Å². The number of anilines is 1. The van der Waals surface area contributed by atoms with E-state index in [1.54, 1.807) is 11.3 Å². The molecular weight excluding hydrogens is 384 g/mol. The number of hydrogen-bond donors (Lipinski definition) is 2. The van der Waals surface area contributed by atoms with E-state index in [0.29, 0.717) is 0 Å². The molecule has 0 bridgehead atoms. The number of thiophene rings is 1. The summed E-state index contributed by atoms with van der Waals surface area (Å²) in [7, 11) is 0. The standard InChI is InChI=1S/C19H17BrN2OS/c20-15-8-4-9-16(12-15)21-13-18(23)22-19(17-10-5-11-24-17)14-6-2-1-3-7-14/h1-12,19,21H,13H2,(H,22,23)/t19-/m1/s1. The van der Waals surface area contributed by atoms with Crippen molar-refractivity contribution < 1.29 is 4.79 Å². The Morgan fingerprint density at radius 3 is 2.58 bits per heavy atom. The predicted molar refractivity (Wildman–Crippen MR) is 103 cm³/mol. The fourth-order valence-electron chi connectivity index (χ4n) is 2.41. The maximum atomic E-state index is 12.4. The molecule has 2 N–H and O–H groups in total. The van der Waals surface area contributed by atoms with Crippen LogP contribution in [0.5, 0.6) is 0 Å². The number of carbonyl (C=O) groups excluding carboxylic acids is 1. The Labute approximate surface area is 153 Å². The number of hydrogen-bond acceptors (Lipinski definition) is 3. The van der Waals surface area contributed by atoms with Crippen LogP contribution in [0.25, 0.3) is 0 Å². The third-order valence-electron chi connectivity index (χ3n) is 3.54. The molecule has 3 aromatic rings. The monoisotopic (exact) mass is 400 g/mol. The lowest BCUT2D eigenvalue weighted by Crippen LogP contribution is -2.33. The average Bonchev–Trinajstić information content (AvgIpc) is 3.13. The van der Waals surface area contributed by atoms with E-state index in [-0.39, 0.29) is 18.5 Å². The van der Waals surface area contributed by atoms with Crippen LogP contribution in [-0.2, 0) is 4.79 Å². The third kappa shape index (κ3) is 4.46. The molecule has 1 amide bonds. The molecule has 3 nitrogen and oxygen atoms in total. The van der Waals surface area contributed by atoms with E-state index in [2.05, 4.69) is 26.6 Å². The summed E-state index contributed by atoms with van der Waals surface area (Å²) in [5.41, 5.74) is 1.99. The summed E-state index contributed by atoms with van der Waals surface area (Å²) in [6.45, 7) is 0.227. The maximum absolute atomic E-state index is 12.4. The van der Waals surface area contributed by atoms with Gasteiger partial charge in [-0.05, 0) is 35.2 Å². The number of rotatable bonds is 6. The molecule has 0 spiro atoms. The minimum atomic E-state index is -0.122. The fourth-order valence-corrected chi connectivity index (χ4v) is 3.61. The van der Waals surface area contributed by atoms with Crippen LogP contribution in [0.1, 0.15) is 16.5 Å². The first-order valence-electron chi connectivity index (χ1n) is 7.59. The Balaban J connectivity index is 1.68. The summed E-state index contributed by atoms with van der Waals surface area (Å²) in [5.74, 6) is -0.0442. The molecule has 0 aliphatic rings. The molecule has 1 heterocycles. The molecule has 0 saturated heterocycles. The molecular formula is C19H17BrN2OS. The number of carbonyl (C=O) groups is 1. The number of benzene rings is 2. The minimum absolute atomic E-state index is 0.0442. The van der Waals surface area contributed by atoms with Crippen molar-refractivity contribution >= 4 is 38.9 Å². The molecule has 3 rings (SSSR count). The summed E-state index contributed by atoms with van der Waals surface area (Å²) < 4.78 is 0.980. The van der Waals surface area contributed by atoms with Gasteiger partial charge in [-0.3, -0.25) is 4.79 Å². The van der Waals surface area contributed by atoms with Crippen molar-refractivity contribution in [1.29, 1.82) is 0 Å². The Kier molecular flexibility index (Phi) is 5.67. The highest BCUT2D eigenvalue weighted by Gasteiger charge is 2.17. The zero-order valence-corrected chi connectivity index (χ0v) is 15.3. The topological polar surface area (TPSA) is 41.1 Å². The molecule has 1 atom stereocenters. The van der Waals surface area contributed by atoms with E-state index in [1.165, 1.54) is 0 Å². The van der Waals surface area contributed by atoms with Crippen LogP contribution in [0.15, 0.2) is 76.6 Å². The lowest BCUT2D eigenvalue weighted by molar-refractivity contribution is -0.119. The second-order valence-electron chi connectivity index (χ2n) is 5.29. The number of amides is 1. The van der Waals surface area contributed by atoms with Crippen molar-refractivity contribution in [1.82, 2.24) is 5.32 Å². The first-order valence-corrected chi connectivity index (χ1v) is 9.27. The molecule has 24 heavy (non-hydrogen) atoms. The van der Waals surface area contributed by atoms with Gasteiger partial charge in [0.1, 0.15) is 0 Å². The van der Waals surface area contributed by atoms with Gasteiger partial charge >= 0.3 is 0 Å². The predicted octanol–water partition coefficient (Wildman–Crippen LogP) is 4.83. The maximum Gasteiger partial charge on any atom is 0.240 e. The quantitative estimate of drug-likeness (QED) is 0.621. The van der Waals surface area contributed by atoms with Crippen LogP contribution < -0.4 is 10.6 Å². The van der Waals surface area contributed by atoms with Crippen LogP contribution in [0.4, 0.5) is 5.69 Å². The molecule has 122 valence electrons. The van der Waals surface area contributed by atoms with Gasteiger partial charge in [0.05, 0.1) is 12.6 Å². The van der Waals surface area contributed by atoms with E-state index < -0.39 is 0 Å². The summed E-state index contributed by atoms with van der Waals surface area (Å²) in [4.78, 5) is 13.5. The lowest BCUT2D eigenvalue weighted by Gasteiger charge is -2.18. The van der Waals surface area contributed by atoms with Gasteiger partial charge in [-0.15, -0.1) is 11.3 Å². The summed E-state index contributed by atoms with van der Waals surface area (Å²) >= 11 is 5.07. The first-order chi connectivity index (χ1) is 11.7. The Morgan fingerprint density at radius 2 is 1.88 bits per heavy atom. The highest BCUT2D eigenvalue weighted by molar-refractivity contribution is 9.10. The van der Waals surface area contributed by atoms with Gasteiger partial charge < -0.3 is 10.6 Å². The first kappa shape index (κ1) is 16.7. The van der Waals surface area contributed by atoms with Gasteiger partial charge in [0.15, 0.2) is 0 Å². The van der Waals surface area contributed by atoms with Gasteiger partial charge in [-0.1, -0.05) is 58.4 Å². The van der Waals surface area contributed by atoms with Gasteiger partial charge in [-0.2, -0.15) is 0 Å².